The first-order valence-electron chi connectivity index (χ1n) is 6.72. The second-order valence-corrected chi connectivity index (χ2v) is 6.49. The van der Waals surface area contributed by atoms with E-state index in [1.54, 1.807) is 0 Å². The van der Waals surface area contributed by atoms with Gasteiger partial charge in [0.2, 0.25) is 0 Å². The summed E-state index contributed by atoms with van der Waals surface area (Å²) in [6.07, 6.45) is 2.53. The molecule has 0 N–H and O–H groups in total. The molecule has 0 aliphatic heterocycles. The van der Waals surface area contributed by atoms with Crippen LogP contribution < -0.4 is 0 Å². The van der Waals surface area contributed by atoms with Crippen LogP contribution in [0.3, 0.4) is 0 Å². The van der Waals surface area contributed by atoms with Crippen LogP contribution in [0.5, 0.6) is 0 Å². The van der Waals surface area contributed by atoms with E-state index in [4.69, 9.17) is 9.05 Å². The highest BCUT2D eigenvalue weighted by Gasteiger charge is 2.39. The van der Waals surface area contributed by atoms with Crippen molar-refractivity contribution in [2.24, 2.45) is 0 Å². The Labute approximate surface area is 126 Å². The van der Waals surface area contributed by atoms with Crippen LogP contribution in [0.15, 0.2) is 0 Å². The Morgan fingerprint density at radius 1 is 0.952 bits per heavy atom. The fourth-order valence-electron chi connectivity index (χ4n) is 1.45. The molecule has 7 nitrogen and oxygen atoms in total. The summed E-state index contributed by atoms with van der Waals surface area (Å²) < 4.78 is 30.3. The summed E-state index contributed by atoms with van der Waals surface area (Å²) in [6, 6.07) is 0. The van der Waals surface area contributed by atoms with Gasteiger partial charge in [0.1, 0.15) is 0 Å². The van der Waals surface area contributed by atoms with Crippen molar-refractivity contribution in [3.63, 3.8) is 0 Å². The minimum Gasteiger partial charge on any atom is -0.469 e. The largest absolute Gasteiger partial charge is 0.469 e. The molecule has 0 rings (SSSR count). The molecule has 0 fully saturated rings. The van der Waals surface area contributed by atoms with E-state index in [1.165, 1.54) is 28.4 Å². The van der Waals surface area contributed by atoms with E-state index >= 15 is 0 Å². The number of carbonyl (C=O) groups excluding carboxylic acids is 2. The Morgan fingerprint density at radius 3 is 1.71 bits per heavy atom. The van der Waals surface area contributed by atoms with Crippen LogP contribution in [-0.2, 0) is 32.7 Å². The van der Waals surface area contributed by atoms with E-state index in [-0.39, 0.29) is 5.97 Å². The summed E-state index contributed by atoms with van der Waals surface area (Å²) >= 11 is 0. The molecule has 0 heterocycles. The van der Waals surface area contributed by atoms with Crippen molar-refractivity contribution in [1.29, 1.82) is 0 Å². The van der Waals surface area contributed by atoms with Crippen LogP contribution in [0.2, 0.25) is 0 Å². The molecule has 0 radical (unpaired) electrons. The van der Waals surface area contributed by atoms with Gasteiger partial charge in [-0.3, -0.25) is 14.2 Å². The molecule has 21 heavy (non-hydrogen) atoms. The third kappa shape index (κ3) is 8.86. The maximum atomic E-state index is 11.9. The predicted octanol–water partition coefficient (Wildman–Crippen LogP) is 2.77. The summed E-state index contributed by atoms with van der Waals surface area (Å²) in [6.45, 7) is 3.82. The Hall–Kier alpha value is -0.910. The molecule has 0 aromatic rings. The molecule has 0 spiro atoms. The molecule has 0 saturated carbocycles. The molecule has 0 saturated heterocycles. The van der Waals surface area contributed by atoms with Gasteiger partial charge in [-0.1, -0.05) is 20.3 Å². The number of hydrogen-bond donors (Lipinski definition) is 0. The smallest absolute Gasteiger partial charge is 0.344 e. The maximum Gasteiger partial charge on any atom is 0.344 e. The number of esters is 2. The minimum absolute atomic E-state index is 0.123. The lowest BCUT2D eigenvalue weighted by Gasteiger charge is -2.21. The van der Waals surface area contributed by atoms with Gasteiger partial charge in [-0.15, -0.1) is 0 Å². The first-order valence-corrected chi connectivity index (χ1v) is 8.33. The van der Waals surface area contributed by atoms with Gasteiger partial charge < -0.3 is 18.5 Å². The Balaban J connectivity index is 0. The molecule has 8 heteroatoms. The lowest BCUT2D eigenvalue weighted by Crippen LogP contribution is -2.23. The Kier molecular flexibility index (Phi) is 13.6. The summed E-state index contributed by atoms with van der Waals surface area (Å²) in [7, 11) is 1.82. The van der Waals surface area contributed by atoms with E-state index in [9.17, 15) is 14.2 Å². The zero-order chi connectivity index (χ0) is 16.9. The van der Waals surface area contributed by atoms with Crippen molar-refractivity contribution in [2.75, 3.05) is 28.4 Å². The zero-order valence-corrected chi connectivity index (χ0v) is 14.6. The normalized spacial score (nSPS) is 11.9. The average Bonchev–Trinajstić information content (AvgIpc) is 2.51. The molecule has 0 aliphatic carbocycles. The summed E-state index contributed by atoms with van der Waals surface area (Å²) in [4.78, 5) is 21.5. The van der Waals surface area contributed by atoms with E-state index < -0.39 is 19.2 Å². The number of rotatable bonds is 8. The van der Waals surface area contributed by atoms with E-state index in [0.29, 0.717) is 19.3 Å². The molecule has 0 aliphatic rings. The molecule has 1 atom stereocenters. The van der Waals surface area contributed by atoms with Crippen molar-refractivity contribution < 1.29 is 32.7 Å². The molecular formula is C13H27O7P. The monoisotopic (exact) mass is 326 g/mol. The molecule has 1 unspecified atom stereocenters. The zero-order valence-electron chi connectivity index (χ0n) is 13.7. The van der Waals surface area contributed by atoms with Crippen LogP contribution in [0.25, 0.3) is 0 Å². The standard InChI is InChI=1S/C8H17O5P.C5H10O2/c1-5-6-7(8(9)11-2)14(10,12-3)13-4;1-3-4-5(6)7-2/h7H,5-6H2,1-4H3;3-4H2,1-2H3. The SMILES string of the molecule is CCCC(=O)OC.CCCC(C(=O)OC)P(=O)(OC)OC. The summed E-state index contributed by atoms with van der Waals surface area (Å²) in [5.41, 5.74) is -0.826. The van der Waals surface area contributed by atoms with Gasteiger partial charge in [0.05, 0.1) is 14.2 Å². The first kappa shape index (κ1) is 22.4. The van der Waals surface area contributed by atoms with Crippen LogP contribution in [0.1, 0.15) is 39.5 Å². The minimum atomic E-state index is -3.36. The summed E-state index contributed by atoms with van der Waals surface area (Å²) in [5, 5.41) is 0. The van der Waals surface area contributed by atoms with Crippen molar-refractivity contribution in [2.45, 2.75) is 45.2 Å². The lowest BCUT2D eigenvalue weighted by atomic mass is 10.2. The fraction of sp³-hybridized carbons (Fsp3) is 0.846. The molecule has 0 aromatic heterocycles. The third-order valence-electron chi connectivity index (χ3n) is 2.61. The number of carbonyl (C=O) groups is 2. The maximum absolute atomic E-state index is 11.9. The molecule has 0 bridgehead atoms. The molecular weight excluding hydrogens is 299 g/mol. The van der Waals surface area contributed by atoms with Crippen LogP contribution in [-0.4, -0.2) is 46.0 Å². The first-order chi connectivity index (χ1) is 9.86. The number of methoxy groups -OCH3 is 2. The van der Waals surface area contributed by atoms with Gasteiger partial charge in [0.15, 0.2) is 5.66 Å². The fourth-order valence-corrected chi connectivity index (χ4v) is 3.05. The number of hydrogen-bond acceptors (Lipinski definition) is 7. The van der Waals surface area contributed by atoms with E-state index in [1.807, 2.05) is 13.8 Å². The molecule has 126 valence electrons. The molecule has 0 amide bonds. The van der Waals surface area contributed by atoms with Crippen LogP contribution in [0.4, 0.5) is 0 Å². The number of ether oxygens (including phenoxy) is 2. The highest BCUT2D eigenvalue weighted by atomic mass is 31.2. The van der Waals surface area contributed by atoms with Crippen molar-refractivity contribution in [3.05, 3.63) is 0 Å². The van der Waals surface area contributed by atoms with Crippen molar-refractivity contribution in [1.82, 2.24) is 0 Å². The Morgan fingerprint density at radius 2 is 1.48 bits per heavy atom. The van der Waals surface area contributed by atoms with E-state index in [2.05, 4.69) is 9.47 Å². The van der Waals surface area contributed by atoms with Crippen LogP contribution >= 0.6 is 7.60 Å². The van der Waals surface area contributed by atoms with Crippen molar-refractivity contribution in [3.8, 4) is 0 Å². The van der Waals surface area contributed by atoms with Gasteiger partial charge in [-0.2, -0.15) is 0 Å². The van der Waals surface area contributed by atoms with Gasteiger partial charge >= 0.3 is 19.5 Å². The highest BCUT2D eigenvalue weighted by Crippen LogP contribution is 2.53. The van der Waals surface area contributed by atoms with Crippen molar-refractivity contribution >= 4 is 19.5 Å². The van der Waals surface area contributed by atoms with E-state index in [0.717, 1.165) is 6.42 Å². The average molecular weight is 326 g/mol. The van der Waals surface area contributed by atoms with Gasteiger partial charge in [0, 0.05) is 20.6 Å². The topological polar surface area (TPSA) is 88.1 Å². The third-order valence-corrected chi connectivity index (χ3v) is 4.86. The highest BCUT2D eigenvalue weighted by molar-refractivity contribution is 7.55. The van der Waals surface area contributed by atoms with Gasteiger partial charge in [-0.05, 0) is 12.8 Å². The predicted molar refractivity (Wildman–Crippen MR) is 79.3 cm³/mol. The molecule has 0 aromatic carbocycles. The summed E-state index contributed by atoms with van der Waals surface area (Å²) in [5.74, 6) is -0.679. The quantitative estimate of drug-likeness (QED) is 0.500. The Bertz CT molecular complexity index is 335. The second-order valence-electron chi connectivity index (χ2n) is 4.06. The van der Waals surface area contributed by atoms with Crippen LogP contribution in [0, 0.1) is 0 Å². The lowest BCUT2D eigenvalue weighted by molar-refractivity contribution is -0.141. The van der Waals surface area contributed by atoms with Gasteiger partial charge in [0.25, 0.3) is 0 Å². The second kappa shape index (κ2) is 12.8. The van der Waals surface area contributed by atoms with Gasteiger partial charge in [-0.25, -0.2) is 0 Å².